The van der Waals surface area contributed by atoms with E-state index >= 15 is 0 Å². The van der Waals surface area contributed by atoms with Gasteiger partial charge in [0.2, 0.25) is 23.6 Å². The number of carbonyl (C=O) groups is 7. The maximum atomic E-state index is 14.1. The molecule has 5 aliphatic rings. The van der Waals surface area contributed by atoms with Gasteiger partial charge in [-0.15, -0.1) is 0 Å². The molecule has 3 aromatic heterocycles. The van der Waals surface area contributed by atoms with Crippen molar-refractivity contribution in [1.29, 1.82) is 0 Å². The zero-order chi connectivity index (χ0) is 56.1. The van der Waals surface area contributed by atoms with E-state index in [-0.39, 0.29) is 71.5 Å². The number of carbonyl (C=O) groups excluding carboxylic acids is 7. The summed E-state index contributed by atoms with van der Waals surface area (Å²) in [7, 11) is 0. The number of imide groups is 2. The van der Waals surface area contributed by atoms with Crippen LogP contribution < -0.4 is 26.6 Å². The maximum absolute atomic E-state index is 14.1. The molecular formula is C58H65F3N12O7. The minimum atomic E-state index is -4.59. The second-order valence-electron chi connectivity index (χ2n) is 21.7. The number of piperidine rings is 3. The van der Waals surface area contributed by atoms with E-state index < -0.39 is 47.3 Å². The number of pyridine rings is 2. The Hall–Kier alpha value is -8.01. The predicted octanol–water partition coefficient (Wildman–Crippen LogP) is 7.36. The van der Waals surface area contributed by atoms with Gasteiger partial charge >= 0.3 is 6.18 Å². The highest BCUT2D eigenvalue weighted by Crippen LogP contribution is 2.35. The molecule has 10 rings (SSSR count). The number of amides is 7. The molecule has 4 aliphatic heterocycles. The number of aromatic amines is 1. The Morgan fingerprint density at radius 2 is 1.57 bits per heavy atom. The van der Waals surface area contributed by atoms with Gasteiger partial charge in [0.15, 0.2) is 0 Å². The number of nitrogens with zero attached hydrogens (tertiary/aromatic N) is 7. The molecular weight excluding hydrogens is 1030 g/mol. The van der Waals surface area contributed by atoms with Crippen LogP contribution >= 0.6 is 0 Å². The second kappa shape index (κ2) is 24.2. The molecule has 7 heterocycles. The zero-order valence-corrected chi connectivity index (χ0v) is 44.4. The SMILES string of the molecule is Nc1ncc(/C=C/CCCN(CC(=O)NC2CCCCC2)C(=O)CC2CCN(CC3CCN(c4ccc5c(c4)C(=O)N(C4CCC(=O)NC4=O)C5=O)CC3)CC2)c2n[nH]c(-c3ccc(C(=O)Nc4cc(C(F)(F)F)ccn4)cc3)c12. The molecule has 0 radical (unpaired) electrons. The Labute approximate surface area is 460 Å². The number of anilines is 3. The fourth-order valence-electron chi connectivity index (χ4n) is 11.8. The Balaban J connectivity index is 0.700. The molecule has 80 heavy (non-hydrogen) atoms. The van der Waals surface area contributed by atoms with Gasteiger partial charge in [0.05, 0.1) is 34.3 Å². The first kappa shape index (κ1) is 55.3. The zero-order valence-electron chi connectivity index (χ0n) is 44.4. The second-order valence-corrected chi connectivity index (χ2v) is 21.7. The van der Waals surface area contributed by atoms with E-state index in [0.29, 0.717) is 59.4 Å². The van der Waals surface area contributed by atoms with Crippen LogP contribution in [0.15, 0.2) is 73.1 Å². The van der Waals surface area contributed by atoms with E-state index in [1.54, 1.807) is 35.4 Å². The van der Waals surface area contributed by atoms with Crippen LogP contribution in [0.4, 0.5) is 30.5 Å². The number of allylic oxidation sites excluding steroid dienone is 1. The summed E-state index contributed by atoms with van der Waals surface area (Å²) in [4.78, 5) is 107. The summed E-state index contributed by atoms with van der Waals surface area (Å²) >= 11 is 0. The predicted molar refractivity (Wildman–Crippen MR) is 293 cm³/mol. The molecule has 5 aromatic rings. The van der Waals surface area contributed by atoms with Crippen LogP contribution in [-0.4, -0.2) is 134 Å². The van der Waals surface area contributed by atoms with E-state index in [1.807, 2.05) is 18.2 Å². The van der Waals surface area contributed by atoms with E-state index in [1.165, 1.54) is 12.1 Å². The van der Waals surface area contributed by atoms with Gasteiger partial charge in [-0.3, -0.25) is 48.9 Å². The molecule has 7 amide bonds. The fourth-order valence-corrected chi connectivity index (χ4v) is 11.8. The molecule has 6 N–H and O–H groups in total. The fraction of sp³-hybridized carbons (Fsp3) is 0.448. The van der Waals surface area contributed by atoms with Crippen molar-refractivity contribution in [3.05, 3.63) is 101 Å². The summed E-state index contributed by atoms with van der Waals surface area (Å²) in [6.45, 7) is 4.74. The van der Waals surface area contributed by atoms with Gasteiger partial charge in [0, 0.05) is 79.8 Å². The Bertz CT molecular complexity index is 3200. The topological polar surface area (TPSA) is 249 Å². The lowest BCUT2D eigenvalue weighted by Gasteiger charge is -2.38. The van der Waals surface area contributed by atoms with Crippen LogP contribution in [0.2, 0.25) is 0 Å². The van der Waals surface area contributed by atoms with Crippen LogP contribution in [-0.2, 0) is 25.4 Å². The number of nitrogens with two attached hydrogens (primary N) is 1. The summed E-state index contributed by atoms with van der Waals surface area (Å²) in [5.41, 5.74) is 9.53. The monoisotopic (exact) mass is 1100 g/mol. The number of rotatable bonds is 17. The number of unbranched alkanes of at least 4 members (excludes halogenated alkanes) is 1. The van der Waals surface area contributed by atoms with Crippen LogP contribution in [0, 0.1) is 11.8 Å². The van der Waals surface area contributed by atoms with Crippen molar-refractivity contribution in [2.45, 2.75) is 108 Å². The van der Waals surface area contributed by atoms with Gasteiger partial charge in [-0.2, -0.15) is 18.3 Å². The number of nitrogens with one attached hydrogen (secondary N) is 4. The van der Waals surface area contributed by atoms with Crippen LogP contribution in [0.5, 0.6) is 0 Å². The number of likely N-dealkylation sites (tertiary alicyclic amines) is 1. The van der Waals surface area contributed by atoms with Crippen molar-refractivity contribution in [2.24, 2.45) is 11.8 Å². The average Bonchev–Trinajstić information content (AvgIpc) is 4.13. The van der Waals surface area contributed by atoms with E-state index in [0.717, 1.165) is 119 Å². The van der Waals surface area contributed by atoms with Crippen LogP contribution in [0.1, 0.15) is 132 Å². The summed E-state index contributed by atoms with van der Waals surface area (Å²) in [5, 5.41) is 16.0. The Morgan fingerprint density at radius 3 is 2.31 bits per heavy atom. The van der Waals surface area contributed by atoms with Crippen LogP contribution in [0.25, 0.3) is 28.2 Å². The lowest BCUT2D eigenvalue weighted by Crippen LogP contribution is -2.54. The summed E-state index contributed by atoms with van der Waals surface area (Å²) in [5.74, 6) is -2.16. The standard InChI is InChI=1S/C58H65F3N12O7/c59-58(60,61)40-18-23-63-46(30-40)66-54(77)38-12-10-37(11-13-38)51-50-52(69-68-51)39(32-64-53(50)62)7-3-2-6-24-72(34-48(75)65-41-8-4-1-5-9-41)49(76)29-35-19-25-70(26-20-35)33-36-21-27-71(28-22-36)42-14-15-43-44(31-42)57(80)73(56(43)79)45-16-17-47(74)67-55(45)78/h3,7,10-15,18,23,30-32,35-36,41,45H,1-2,4-6,8-9,16-17,19-22,24-29,33-34H2,(H2,62,64)(H,65,75)(H,68,69)(H,63,66,77)(H,67,74,78)/b7-3+. The highest BCUT2D eigenvalue weighted by Gasteiger charge is 2.45. The minimum absolute atomic E-state index is 0.00845. The lowest BCUT2D eigenvalue weighted by molar-refractivity contribution is -0.138. The molecule has 2 aromatic carbocycles. The molecule has 3 saturated heterocycles. The van der Waals surface area contributed by atoms with Crippen molar-refractivity contribution in [1.82, 2.24) is 45.5 Å². The summed E-state index contributed by atoms with van der Waals surface area (Å²) < 4.78 is 39.6. The number of aromatic nitrogens is 4. The van der Waals surface area contributed by atoms with Crippen molar-refractivity contribution >= 4 is 75.7 Å². The van der Waals surface area contributed by atoms with E-state index in [2.05, 4.69) is 45.9 Å². The number of nitrogen functional groups attached to an aromatic ring is 1. The smallest absolute Gasteiger partial charge is 0.383 e. The number of fused-ring (bicyclic) bond motifs is 2. The van der Waals surface area contributed by atoms with Gasteiger partial charge in [0.1, 0.15) is 23.2 Å². The summed E-state index contributed by atoms with van der Waals surface area (Å²) in [6, 6.07) is 12.4. The average molecular weight is 1100 g/mol. The molecule has 22 heteroatoms. The van der Waals surface area contributed by atoms with Crippen molar-refractivity contribution in [3.63, 3.8) is 0 Å². The highest BCUT2D eigenvalue weighted by atomic mass is 19.4. The molecule has 4 fully saturated rings. The highest BCUT2D eigenvalue weighted by molar-refractivity contribution is 6.23. The molecule has 420 valence electrons. The molecule has 1 unspecified atom stereocenters. The van der Waals surface area contributed by atoms with Crippen molar-refractivity contribution in [2.75, 3.05) is 61.8 Å². The number of H-pyrrole nitrogens is 1. The van der Waals surface area contributed by atoms with Gasteiger partial charge in [-0.05, 0) is 125 Å². The van der Waals surface area contributed by atoms with Crippen molar-refractivity contribution in [3.8, 4) is 11.3 Å². The Morgan fingerprint density at radius 1 is 0.838 bits per heavy atom. The van der Waals surface area contributed by atoms with Crippen LogP contribution in [0.3, 0.4) is 0 Å². The first-order chi connectivity index (χ1) is 38.6. The quantitative estimate of drug-likeness (QED) is 0.0452. The third kappa shape index (κ3) is 12.7. The van der Waals surface area contributed by atoms with E-state index in [9.17, 15) is 46.7 Å². The number of halogens is 3. The largest absolute Gasteiger partial charge is 0.416 e. The van der Waals surface area contributed by atoms with Crippen molar-refractivity contribution < 1.29 is 46.7 Å². The number of hydrogen-bond acceptors (Lipinski definition) is 13. The number of hydrogen-bond donors (Lipinski definition) is 5. The normalized spacial score (nSPS) is 19.0. The third-order valence-corrected chi connectivity index (χ3v) is 16.2. The molecule has 1 aliphatic carbocycles. The van der Waals surface area contributed by atoms with E-state index in [4.69, 9.17) is 5.73 Å². The third-order valence-electron chi connectivity index (χ3n) is 16.2. The molecule has 0 bridgehead atoms. The number of benzene rings is 2. The Kier molecular flexibility index (Phi) is 16.7. The lowest BCUT2D eigenvalue weighted by atomic mass is 9.90. The minimum Gasteiger partial charge on any atom is -0.383 e. The maximum Gasteiger partial charge on any atom is 0.416 e. The first-order valence-corrected chi connectivity index (χ1v) is 27.7. The molecule has 1 saturated carbocycles. The first-order valence-electron chi connectivity index (χ1n) is 27.7. The molecule has 0 spiro atoms. The molecule has 19 nitrogen and oxygen atoms in total. The van der Waals surface area contributed by atoms with Gasteiger partial charge < -0.3 is 31.1 Å². The van der Waals surface area contributed by atoms with Gasteiger partial charge in [-0.1, -0.05) is 43.5 Å². The summed E-state index contributed by atoms with van der Waals surface area (Å²) in [6.07, 6.45) is 12.6. The molecule has 1 atom stereocenters. The number of alkyl halides is 3. The van der Waals surface area contributed by atoms with Gasteiger partial charge in [0.25, 0.3) is 17.7 Å². The van der Waals surface area contributed by atoms with Gasteiger partial charge in [-0.25, -0.2) is 9.97 Å².